The topological polar surface area (TPSA) is 294 Å². The average Bonchev–Trinajstić information content (AvgIpc) is 2.95. The minimum Gasteiger partial charge on any atom is -0.478 e. The number of nitrogens with two attached hydrogens (primary N) is 4. The zero-order valence-corrected chi connectivity index (χ0v) is 22.6. The maximum atomic E-state index is 11.9. The summed E-state index contributed by atoms with van der Waals surface area (Å²) in [5.41, 5.74) is 23.8. The van der Waals surface area contributed by atoms with Gasteiger partial charge in [0.05, 0.1) is 22.3 Å². The van der Waals surface area contributed by atoms with Crippen molar-refractivity contribution in [1.29, 1.82) is 0 Å². The summed E-state index contributed by atoms with van der Waals surface area (Å²) in [6, 6.07) is 16.3. The molecule has 4 aromatic rings. The summed E-state index contributed by atoms with van der Waals surface area (Å²) >= 11 is 0. The number of rotatable bonds is 7. The molecule has 226 valence electrons. The highest BCUT2D eigenvalue weighted by Gasteiger charge is 2.14. The van der Waals surface area contributed by atoms with E-state index in [1.807, 2.05) is 0 Å². The van der Waals surface area contributed by atoms with Gasteiger partial charge in [-0.2, -0.15) is 0 Å². The largest absolute Gasteiger partial charge is 0.478 e. The van der Waals surface area contributed by atoms with Gasteiger partial charge in [0, 0.05) is 34.1 Å². The van der Waals surface area contributed by atoms with E-state index in [9.17, 15) is 24.0 Å². The molecule has 0 saturated heterocycles. The van der Waals surface area contributed by atoms with Crippen LogP contribution in [0.3, 0.4) is 0 Å². The molecule has 0 aliphatic heterocycles. The molecule has 0 fully saturated rings. The van der Waals surface area contributed by atoms with Crippen LogP contribution in [0.15, 0.2) is 72.8 Å². The van der Waals surface area contributed by atoms with E-state index in [0.717, 1.165) is 0 Å². The van der Waals surface area contributed by atoms with E-state index < -0.39 is 29.9 Å². The predicted octanol–water partition coefficient (Wildman–Crippen LogP) is 3.81. The van der Waals surface area contributed by atoms with Crippen LogP contribution >= 0.6 is 0 Å². The smallest absolute Gasteiger partial charge is 0.337 e. The number of hydrogen-bond acceptors (Lipinski definition) is 9. The van der Waals surface area contributed by atoms with E-state index in [-0.39, 0.29) is 56.4 Å². The summed E-state index contributed by atoms with van der Waals surface area (Å²) < 4.78 is 0. The quantitative estimate of drug-likeness (QED) is 0.135. The molecule has 15 heteroatoms. The lowest BCUT2D eigenvalue weighted by atomic mass is 9.99. The summed E-state index contributed by atoms with van der Waals surface area (Å²) in [7, 11) is 0. The molecule has 0 saturated carbocycles. The lowest BCUT2D eigenvalue weighted by molar-refractivity contribution is 0.0687. The molecule has 0 unspecified atom stereocenters. The van der Waals surface area contributed by atoms with Crippen molar-refractivity contribution in [1.82, 2.24) is 0 Å². The van der Waals surface area contributed by atoms with Crippen LogP contribution in [0.5, 0.6) is 0 Å². The Morgan fingerprint density at radius 1 is 0.432 bits per heavy atom. The van der Waals surface area contributed by atoms with Gasteiger partial charge in [0.1, 0.15) is 0 Å². The average molecular weight is 603 g/mol. The molecular formula is C29H26N6O9. The Morgan fingerprint density at radius 3 is 1.00 bits per heavy atom. The Kier molecular flexibility index (Phi) is 9.57. The van der Waals surface area contributed by atoms with Crippen molar-refractivity contribution in [2.75, 3.05) is 33.6 Å². The Labute approximate surface area is 248 Å². The number of nitrogen functional groups attached to an aromatic ring is 4. The Hall–Kier alpha value is -6.77. The lowest BCUT2D eigenvalue weighted by Gasteiger charge is -2.10. The number of anilines is 6. The highest BCUT2D eigenvalue weighted by molar-refractivity contribution is 6.03. The monoisotopic (exact) mass is 602 g/mol. The summed E-state index contributed by atoms with van der Waals surface area (Å²) in [4.78, 5) is 56.0. The molecule has 0 aliphatic rings. The SMILES string of the molecule is Nc1ccc(-c2ccc(N)c(C(=O)O)c2)cc1C(=O)O.Nc1ccc(NC(=O)Nc2ccc(N)c(C(=O)O)c2)cc1C(=O)O. The van der Waals surface area contributed by atoms with Gasteiger partial charge in [0.2, 0.25) is 0 Å². The van der Waals surface area contributed by atoms with Gasteiger partial charge < -0.3 is 54.0 Å². The number of carbonyl (C=O) groups is 5. The summed E-state index contributed by atoms with van der Waals surface area (Å²) in [6.45, 7) is 0. The Bertz CT molecular complexity index is 1680. The van der Waals surface area contributed by atoms with Crippen LogP contribution in [-0.2, 0) is 0 Å². The van der Waals surface area contributed by atoms with Crippen LogP contribution in [0.4, 0.5) is 38.9 Å². The fraction of sp³-hybridized carbons (Fsp3) is 0. The number of amides is 2. The predicted molar refractivity (Wildman–Crippen MR) is 163 cm³/mol. The van der Waals surface area contributed by atoms with Crippen LogP contribution in [0.2, 0.25) is 0 Å². The maximum absolute atomic E-state index is 11.9. The third-order valence-electron chi connectivity index (χ3n) is 5.98. The van der Waals surface area contributed by atoms with Crippen LogP contribution < -0.4 is 33.6 Å². The van der Waals surface area contributed by atoms with Gasteiger partial charge in [-0.1, -0.05) is 12.1 Å². The Morgan fingerprint density at radius 2 is 0.705 bits per heavy atom. The van der Waals surface area contributed by atoms with E-state index in [2.05, 4.69) is 10.6 Å². The molecule has 15 nitrogen and oxygen atoms in total. The first kappa shape index (κ1) is 31.8. The van der Waals surface area contributed by atoms with Crippen molar-refractivity contribution in [3.63, 3.8) is 0 Å². The number of carboxylic acid groups (broad SMARTS) is 4. The maximum Gasteiger partial charge on any atom is 0.337 e. The van der Waals surface area contributed by atoms with Gasteiger partial charge in [0.25, 0.3) is 0 Å². The van der Waals surface area contributed by atoms with Gasteiger partial charge in [-0.15, -0.1) is 0 Å². The third kappa shape index (κ3) is 7.70. The first-order valence-electron chi connectivity index (χ1n) is 12.3. The zero-order chi connectivity index (χ0) is 32.7. The molecule has 0 heterocycles. The zero-order valence-electron chi connectivity index (χ0n) is 22.6. The van der Waals surface area contributed by atoms with Gasteiger partial charge in [-0.05, 0) is 71.8 Å². The molecule has 2 amide bonds. The molecule has 0 spiro atoms. The molecule has 14 N–H and O–H groups in total. The normalized spacial score (nSPS) is 10.1. The Balaban J connectivity index is 0.000000244. The van der Waals surface area contributed by atoms with Crippen molar-refractivity contribution in [2.24, 2.45) is 0 Å². The molecule has 0 atom stereocenters. The number of urea groups is 1. The minimum absolute atomic E-state index is 0.0313. The molecule has 44 heavy (non-hydrogen) atoms. The van der Waals surface area contributed by atoms with Crippen LogP contribution in [0, 0.1) is 0 Å². The second kappa shape index (κ2) is 13.3. The molecule has 4 aromatic carbocycles. The molecule has 4 rings (SSSR count). The minimum atomic E-state index is -1.22. The first-order chi connectivity index (χ1) is 20.7. The fourth-order valence-corrected chi connectivity index (χ4v) is 3.77. The lowest BCUT2D eigenvalue weighted by Crippen LogP contribution is -2.20. The molecular weight excluding hydrogens is 576 g/mol. The summed E-state index contributed by atoms with van der Waals surface area (Å²) in [5.74, 6) is -4.72. The van der Waals surface area contributed by atoms with Crippen molar-refractivity contribution >= 4 is 64.0 Å². The van der Waals surface area contributed by atoms with Crippen LogP contribution in [0.1, 0.15) is 41.4 Å². The third-order valence-corrected chi connectivity index (χ3v) is 5.98. The van der Waals surface area contributed by atoms with Gasteiger partial charge in [0.15, 0.2) is 0 Å². The van der Waals surface area contributed by atoms with E-state index in [0.29, 0.717) is 11.1 Å². The van der Waals surface area contributed by atoms with Crippen LogP contribution in [-0.4, -0.2) is 50.3 Å². The van der Waals surface area contributed by atoms with Crippen LogP contribution in [0.25, 0.3) is 11.1 Å². The second-order valence-corrected chi connectivity index (χ2v) is 9.01. The highest BCUT2D eigenvalue weighted by Crippen LogP contribution is 2.27. The number of nitrogens with one attached hydrogen (secondary N) is 2. The summed E-state index contributed by atoms with van der Waals surface area (Å²) in [5, 5.41) is 40.9. The van der Waals surface area contributed by atoms with E-state index >= 15 is 0 Å². The van der Waals surface area contributed by atoms with Crippen molar-refractivity contribution in [3.8, 4) is 11.1 Å². The van der Waals surface area contributed by atoms with Crippen molar-refractivity contribution < 1.29 is 44.4 Å². The molecule has 0 bridgehead atoms. The van der Waals surface area contributed by atoms with Gasteiger partial charge in [-0.3, -0.25) is 0 Å². The summed E-state index contributed by atoms with van der Waals surface area (Å²) in [6.07, 6.45) is 0. The van der Waals surface area contributed by atoms with Gasteiger partial charge >= 0.3 is 29.9 Å². The number of benzene rings is 4. The molecule has 0 aromatic heterocycles. The number of carboxylic acids is 4. The molecule has 0 aliphatic carbocycles. The first-order valence-corrected chi connectivity index (χ1v) is 12.3. The van der Waals surface area contributed by atoms with E-state index in [4.69, 9.17) is 43.4 Å². The van der Waals surface area contributed by atoms with Crippen molar-refractivity contribution in [3.05, 3.63) is 95.1 Å². The number of hydrogen-bond donors (Lipinski definition) is 10. The van der Waals surface area contributed by atoms with Gasteiger partial charge in [-0.25, -0.2) is 24.0 Å². The number of carbonyl (C=O) groups excluding carboxylic acids is 1. The second-order valence-electron chi connectivity index (χ2n) is 9.01. The fourth-order valence-electron chi connectivity index (χ4n) is 3.77. The standard InChI is InChI=1S/C15H14N4O5.C14H12N2O4/c16-11-3-1-7(5-9(11)13(20)21)18-15(24)19-8-2-4-12(17)10(6-8)14(22)23;15-11-3-1-7(5-9(11)13(17)18)8-2-4-12(16)10(6-8)14(19)20/h1-6H,16-17H2,(H,20,21)(H,22,23)(H2,18,19,24);1-6H,15-16H2,(H,17,18)(H,19,20). The highest BCUT2D eigenvalue weighted by atomic mass is 16.4. The molecule has 0 radical (unpaired) electrons. The van der Waals surface area contributed by atoms with Crippen molar-refractivity contribution in [2.45, 2.75) is 0 Å². The number of aromatic carboxylic acids is 4. The van der Waals surface area contributed by atoms with E-state index in [1.165, 1.54) is 60.7 Å². The van der Waals surface area contributed by atoms with E-state index in [1.54, 1.807) is 12.1 Å².